The molecule has 2 rings (SSSR count). The lowest BCUT2D eigenvalue weighted by atomic mass is 10.1. The number of hydrogen-bond donors (Lipinski definition) is 3. The largest absolute Gasteiger partial charge is 0.409 e. The highest BCUT2D eigenvalue weighted by Crippen LogP contribution is 2.22. The predicted octanol–water partition coefficient (Wildman–Crippen LogP) is 1.25. The third kappa shape index (κ3) is 2.73. The van der Waals surface area contributed by atoms with E-state index in [1.165, 1.54) is 13.0 Å². The number of nitrogens with zero attached hydrogens (tertiary/aromatic N) is 1. The molecular weight excluding hydrogens is 278 g/mol. The van der Waals surface area contributed by atoms with Crippen LogP contribution < -0.4 is 10.5 Å². The highest BCUT2D eigenvalue weighted by atomic mass is 32.2. The number of benzene rings is 2. The maximum atomic E-state index is 12.4. The molecule has 1 atom stereocenters. The van der Waals surface area contributed by atoms with Crippen molar-refractivity contribution in [3.05, 3.63) is 42.5 Å². The van der Waals surface area contributed by atoms with E-state index >= 15 is 0 Å². The Morgan fingerprint density at radius 2 is 1.90 bits per heavy atom. The zero-order chi connectivity index (χ0) is 14.8. The first-order valence-electron chi connectivity index (χ1n) is 5.93. The Labute approximate surface area is 117 Å². The van der Waals surface area contributed by atoms with Crippen molar-refractivity contribution in [1.82, 2.24) is 4.72 Å². The third-order valence-corrected chi connectivity index (χ3v) is 4.53. The second-order valence-electron chi connectivity index (χ2n) is 4.35. The first kappa shape index (κ1) is 14.3. The fraction of sp³-hybridized carbons (Fsp3) is 0.154. The van der Waals surface area contributed by atoms with Crippen molar-refractivity contribution in [1.29, 1.82) is 0 Å². The summed E-state index contributed by atoms with van der Waals surface area (Å²) in [5.74, 6) is -0.200. The summed E-state index contributed by atoms with van der Waals surface area (Å²) in [7, 11) is -3.76. The van der Waals surface area contributed by atoms with Crippen LogP contribution in [0.15, 0.2) is 52.5 Å². The summed E-state index contributed by atoms with van der Waals surface area (Å²) in [6.45, 7) is 1.50. The molecule has 2 aromatic carbocycles. The molecule has 0 spiro atoms. The Balaban J connectivity index is 2.47. The van der Waals surface area contributed by atoms with Crippen LogP contribution >= 0.6 is 0 Å². The van der Waals surface area contributed by atoms with E-state index in [0.29, 0.717) is 5.39 Å². The van der Waals surface area contributed by atoms with Crippen molar-refractivity contribution in [2.75, 3.05) is 0 Å². The fourth-order valence-corrected chi connectivity index (χ4v) is 3.32. The summed E-state index contributed by atoms with van der Waals surface area (Å²) in [6, 6.07) is 11.4. The molecule has 0 heterocycles. The van der Waals surface area contributed by atoms with Gasteiger partial charge in [-0.1, -0.05) is 41.6 Å². The average Bonchev–Trinajstić information content (AvgIpc) is 2.45. The highest BCUT2D eigenvalue weighted by Gasteiger charge is 2.21. The summed E-state index contributed by atoms with van der Waals surface area (Å²) >= 11 is 0. The van der Waals surface area contributed by atoms with Gasteiger partial charge in [-0.2, -0.15) is 0 Å². The van der Waals surface area contributed by atoms with Gasteiger partial charge in [-0.25, -0.2) is 13.1 Å². The minimum Gasteiger partial charge on any atom is -0.409 e. The molecular formula is C13H15N3O3S. The molecule has 0 fully saturated rings. The van der Waals surface area contributed by atoms with Gasteiger partial charge in [0.25, 0.3) is 0 Å². The monoisotopic (exact) mass is 293 g/mol. The van der Waals surface area contributed by atoms with Crippen LogP contribution in [0, 0.1) is 0 Å². The molecule has 0 saturated carbocycles. The standard InChI is InChI=1S/C13H15N3O3S/c1-9(13(14)15-17)16-20(18,19)12-8-4-6-10-5-2-3-7-11(10)12/h2-9,16-17H,1H3,(H2,14,15). The molecule has 7 heteroatoms. The van der Waals surface area contributed by atoms with Crippen LogP contribution in [0.25, 0.3) is 10.8 Å². The van der Waals surface area contributed by atoms with Crippen LogP contribution in [0.4, 0.5) is 0 Å². The molecule has 2 aromatic rings. The number of nitrogens with one attached hydrogen (secondary N) is 1. The zero-order valence-electron chi connectivity index (χ0n) is 10.8. The van der Waals surface area contributed by atoms with Gasteiger partial charge in [-0.15, -0.1) is 0 Å². The first-order chi connectivity index (χ1) is 9.45. The summed E-state index contributed by atoms with van der Waals surface area (Å²) in [4.78, 5) is 0.160. The molecule has 4 N–H and O–H groups in total. The smallest absolute Gasteiger partial charge is 0.241 e. The maximum absolute atomic E-state index is 12.4. The second kappa shape index (κ2) is 5.48. The van der Waals surface area contributed by atoms with Gasteiger partial charge in [0.2, 0.25) is 10.0 Å². The van der Waals surface area contributed by atoms with E-state index in [0.717, 1.165) is 5.39 Å². The van der Waals surface area contributed by atoms with Crippen LogP contribution in [-0.4, -0.2) is 25.5 Å². The molecule has 0 aliphatic carbocycles. The van der Waals surface area contributed by atoms with E-state index in [2.05, 4.69) is 9.88 Å². The molecule has 106 valence electrons. The quantitative estimate of drug-likeness (QED) is 0.341. The normalized spacial score (nSPS) is 14.3. The molecule has 0 aliphatic rings. The van der Waals surface area contributed by atoms with Gasteiger partial charge in [0.05, 0.1) is 10.9 Å². The molecule has 0 amide bonds. The molecule has 0 aliphatic heterocycles. The summed E-state index contributed by atoms with van der Waals surface area (Å²) in [6.07, 6.45) is 0. The molecule has 0 saturated heterocycles. The Kier molecular flexibility index (Phi) is 3.91. The lowest BCUT2D eigenvalue weighted by molar-refractivity contribution is 0.316. The molecule has 6 nitrogen and oxygen atoms in total. The van der Waals surface area contributed by atoms with Crippen LogP contribution in [0.3, 0.4) is 0 Å². The number of fused-ring (bicyclic) bond motifs is 1. The number of nitrogens with two attached hydrogens (primary N) is 1. The van der Waals surface area contributed by atoms with E-state index in [9.17, 15) is 8.42 Å². The maximum Gasteiger partial charge on any atom is 0.241 e. The number of hydrogen-bond acceptors (Lipinski definition) is 4. The van der Waals surface area contributed by atoms with Gasteiger partial charge in [-0.05, 0) is 18.4 Å². The predicted molar refractivity (Wildman–Crippen MR) is 77.1 cm³/mol. The Hall–Kier alpha value is -2.12. The minimum atomic E-state index is -3.76. The lowest BCUT2D eigenvalue weighted by Crippen LogP contribution is -2.42. The molecule has 1 unspecified atom stereocenters. The average molecular weight is 293 g/mol. The molecule has 0 radical (unpaired) electrons. The summed E-state index contributed by atoms with van der Waals surface area (Å²) in [5, 5.41) is 12.8. The van der Waals surface area contributed by atoms with Gasteiger partial charge in [0, 0.05) is 5.39 Å². The number of amidine groups is 1. The van der Waals surface area contributed by atoms with E-state index < -0.39 is 16.1 Å². The van der Waals surface area contributed by atoms with Gasteiger partial charge < -0.3 is 10.9 Å². The topological polar surface area (TPSA) is 105 Å². The Bertz CT molecular complexity index is 751. The second-order valence-corrected chi connectivity index (χ2v) is 6.03. The fourth-order valence-electron chi connectivity index (χ4n) is 1.87. The molecule has 20 heavy (non-hydrogen) atoms. The van der Waals surface area contributed by atoms with Gasteiger partial charge in [0.1, 0.15) is 0 Å². The Morgan fingerprint density at radius 1 is 1.25 bits per heavy atom. The third-order valence-electron chi connectivity index (χ3n) is 2.93. The molecule has 0 bridgehead atoms. The van der Waals surface area contributed by atoms with Gasteiger partial charge in [0.15, 0.2) is 5.84 Å². The summed E-state index contributed by atoms with van der Waals surface area (Å²) in [5.41, 5.74) is 5.39. The number of oxime groups is 1. The van der Waals surface area contributed by atoms with Gasteiger partial charge >= 0.3 is 0 Å². The summed E-state index contributed by atoms with van der Waals surface area (Å²) < 4.78 is 27.1. The SMILES string of the molecule is CC(NS(=O)(=O)c1cccc2ccccc12)/C(N)=N/O. The van der Waals surface area contributed by atoms with Crippen molar-refractivity contribution < 1.29 is 13.6 Å². The van der Waals surface area contributed by atoms with E-state index in [-0.39, 0.29) is 10.7 Å². The first-order valence-corrected chi connectivity index (χ1v) is 7.41. The van der Waals surface area contributed by atoms with Crippen molar-refractivity contribution in [3.8, 4) is 0 Å². The van der Waals surface area contributed by atoms with Crippen LogP contribution in [0.5, 0.6) is 0 Å². The van der Waals surface area contributed by atoms with Crippen LogP contribution in [0.2, 0.25) is 0 Å². The molecule has 0 aromatic heterocycles. The van der Waals surface area contributed by atoms with E-state index in [4.69, 9.17) is 10.9 Å². The minimum absolute atomic E-state index is 0.160. The zero-order valence-corrected chi connectivity index (χ0v) is 11.6. The lowest BCUT2D eigenvalue weighted by Gasteiger charge is -2.14. The van der Waals surface area contributed by atoms with Crippen molar-refractivity contribution in [3.63, 3.8) is 0 Å². The highest BCUT2D eigenvalue weighted by molar-refractivity contribution is 7.89. The van der Waals surface area contributed by atoms with Crippen molar-refractivity contribution in [2.45, 2.75) is 17.9 Å². The number of sulfonamides is 1. The Morgan fingerprint density at radius 3 is 2.60 bits per heavy atom. The van der Waals surface area contributed by atoms with E-state index in [1.54, 1.807) is 18.2 Å². The van der Waals surface area contributed by atoms with Crippen molar-refractivity contribution in [2.24, 2.45) is 10.9 Å². The van der Waals surface area contributed by atoms with Crippen molar-refractivity contribution >= 4 is 26.6 Å². The van der Waals surface area contributed by atoms with E-state index in [1.807, 2.05) is 18.2 Å². The van der Waals surface area contributed by atoms with Crippen LogP contribution in [0.1, 0.15) is 6.92 Å². The van der Waals surface area contributed by atoms with Gasteiger partial charge in [-0.3, -0.25) is 0 Å². The van der Waals surface area contributed by atoms with Crippen LogP contribution in [-0.2, 0) is 10.0 Å². The number of rotatable bonds is 4.